The lowest BCUT2D eigenvalue weighted by atomic mass is 10.2. The summed E-state index contributed by atoms with van der Waals surface area (Å²) in [5, 5.41) is 4.75. The second kappa shape index (κ2) is 6.49. The lowest BCUT2D eigenvalue weighted by molar-refractivity contribution is -0.139. The molecule has 0 aliphatic carbocycles. The molecule has 2 amide bonds. The highest BCUT2D eigenvalue weighted by atomic mass is 19.4. The molecule has 122 valence electrons. The standard InChI is InChI=1S/C13H14F4N2O3/c1-21-11-6-22-5-10(11)19-12(20)18-7-2-3-9(14)8(4-7)13(15,16)17/h2-4,10-11H,5-6H2,1H3,(H2,18,19,20)/t10-,11-/m0/s1. The van der Waals surface area contributed by atoms with Crippen molar-refractivity contribution in [3.8, 4) is 0 Å². The molecule has 0 aromatic heterocycles. The molecule has 1 heterocycles. The Morgan fingerprint density at radius 2 is 2.09 bits per heavy atom. The van der Waals surface area contributed by atoms with Crippen molar-refractivity contribution in [2.75, 3.05) is 25.6 Å². The molecule has 2 atom stereocenters. The number of halogens is 4. The first-order valence-corrected chi connectivity index (χ1v) is 6.36. The Labute approximate surface area is 123 Å². The third-order valence-corrected chi connectivity index (χ3v) is 3.18. The van der Waals surface area contributed by atoms with E-state index in [4.69, 9.17) is 9.47 Å². The zero-order valence-corrected chi connectivity index (χ0v) is 11.5. The second-order valence-electron chi connectivity index (χ2n) is 4.71. The molecule has 1 saturated heterocycles. The Hall–Kier alpha value is -1.87. The fourth-order valence-corrected chi connectivity index (χ4v) is 2.06. The molecule has 1 fully saturated rings. The van der Waals surface area contributed by atoms with Crippen molar-refractivity contribution in [1.29, 1.82) is 0 Å². The smallest absolute Gasteiger partial charge is 0.377 e. The van der Waals surface area contributed by atoms with E-state index in [0.29, 0.717) is 18.7 Å². The monoisotopic (exact) mass is 322 g/mol. The number of hydrogen-bond donors (Lipinski definition) is 2. The molecule has 0 unspecified atom stereocenters. The molecule has 1 aromatic rings. The maximum absolute atomic E-state index is 13.1. The number of anilines is 1. The van der Waals surface area contributed by atoms with Crippen LogP contribution in [-0.2, 0) is 15.7 Å². The van der Waals surface area contributed by atoms with E-state index in [9.17, 15) is 22.4 Å². The lowest BCUT2D eigenvalue weighted by Crippen LogP contribution is -2.45. The summed E-state index contributed by atoms with van der Waals surface area (Å²) in [6.45, 7) is 0.555. The maximum Gasteiger partial charge on any atom is 0.419 e. The fraction of sp³-hybridized carbons (Fsp3) is 0.462. The molecular formula is C13H14F4N2O3. The van der Waals surface area contributed by atoms with Gasteiger partial charge in [0.2, 0.25) is 0 Å². The van der Waals surface area contributed by atoms with Gasteiger partial charge < -0.3 is 20.1 Å². The Kier molecular flexibility index (Phi) is 4.87. The van der Waals surface area contributed by atoms with E-state index < -0.39 is 29.6 Å². The van der Waals surface area contributed by atoms with Crippen molar-refractivity contribution in [1.82, 2.24) is 5.32 Å². The molecule has 9 heteroatoms. The van der Waals surface area contributed by atoms with Gasteiger partial charge in [-0.3, -0.25) is 0 Å². The summed E-state index contributed by atoms with van der Waals surface area (Å²) >= 11 is 0. The van der Waals surface area contributed by atoms with E-state index >= 15 is 0 Å². The number of benzene rings is 1. The Bertz CT molecular complexity index is 551. The normalized spacial score (nSPS) is 21.7. The number of nitrogens with one attached hydrogen (secondary N) is 2. The van der Waals surface area contributed by atoms with Crippen LogP contribution in [0.15, 0.2) is 18.2 Å². The molecule has 0 spiro atoms. The van der Waals surface area contributed by atoms with Gasteiger partial charge in [-0.1, -0.05) is 0 Å². The molecule has 1 aliphatic heterocycles. The minimum atomic E-state index is -4.83. The molecule has 2 N–H and O–H groups in total. The zero-order valence-electron chi connectivity index (χ0n) is 11.5. The van der Waals surface area contributed by atoms with Crippen molar-refractivity contribution in [3.05, 3.63) is 29.6 Å². The topological polar surface area (TPSA) is 59.6 Å². The van der Waals surface area contributed by atoms with Gasteiger partial charge in [0.1, 0.15) is 11.9 Å². The van der Waals surface area contributed by atoms with Crippen molar-refractivity contribution < 1.29 is 31.8 Å². The molecule has 0 bridgehead atoms. The molecule has 22 heavy (non-hydrogen) atoms. The summed E-state index contributed by atoms with van der Waals surface area (Å²) in [7, 11) is 1.46. The maximum atomic E-state index is 13.1. The van der Waals surface area contributed by atoms with Crippen molar-refractivity contribution in [2.45, 2.75) is 18.3 Å². The van der Waals surface area contributed by atoms with Crippen LogP contribution in [0.2, 0.25) is 0 Å². The summed E-state index contributed by atoms with van der Waals surface area (Å²) in [4.78, 5) is 11.8. The van der Waals surface area contributed by atoms with Crippen LogP contribution in [-0.4, -0.2) is 38.5 Å². The van der Waals surface area contributed by atoms with Crippen LogP contribution >= 0.6 is 0 Å². The number of amides is 2. The summed E-state index contributed by atoms with van der Waals surface area (Å²) in [6, 6.07) is 1.09. The highest BCUT2D eigenvalue weighted by molar-refractivity contribution is 5.89. The third kappa shape index (κ3) is 3.86. The van der Waals surface area contributed by atoms with Gasteiger partial charge in [0.15, 0.2) is 0 Å². The number of carbonyl (C=O) groups excluding carboxylic acids is 1. The molecule has 0 radical (unpaired) electrons. The van der Waals surface area contributed by atoms with E-state index in [1.165, 1.54) is 7.11 Å². The first-order chi connectivity index (χ1) is 10.3. The highest BCUT2D eigenvalue weighted by Gasteiger charge is 2.34. The molecule has 5 nitrogen and oxygen atoms in total. The molecule has 1 aromatic carbocycles. The number of alkyl halides is 3. The van der Waals surface area contributed by atoms with Crippen LogP contribution in [0.25, 0.3) is 0 Å². The third-order valence-electron chi connectivity index (χ3n) is 3.18. The minimum absolute atomic E-state index is 0.167. The van der Waals surface area contributed by atoms with Crippen LogP contribution < -0.4 is 10.6 Å². The average molecular weight is 322 g/mol. The van der Waals surface area contributed by atoms with Crippen LogP contribution in [0.1, 0.15) is 5.56 Å². The average Bonchev–Trinajstić information content (AvgIpc) is 2.86. The van der Waals surface area contributed by atoms with Gasteiger partial charge in [-0.05, 0) is 18.2 Å². The quantitative estimate of drug-likeness (QED) is 0.840. The summed E-state index contributed by atoms with van der Waals surface area (Å²) in [6.07, 6.45) is -5.16. The van der Waals surface area contributed by atoms with Gasteiger partial charge in [0.05, 0.1) is 24.8 Å². The number of ether oxygens (including phenoxy) is 2. The number of urea groups is 1. The predicted molar refractivity (Wildman–Crippen MR) is 69.0 cm³/mol. The van der Waals surface area contributed by atoms with Crippen LogP contribution in [0.3, 0.4) is 0 Å². The van der Waals surface area contributed by atoms with Crippen LogP contribution in [0.4, 0.5) is 28.0 Å². The Balaban J connectivity index is 2.03. The van der Waals surface area contributed by atoms with Crippen molar-refractivity contribution in [3.63, 3.8) is 0 Å². The molecular weight excluding hydrogens is 308 g/mol. The van der Waals surface area contributed by atoms with E-state index in [1.807, 2.05) is 0 Å². The van der Waals surface area contributed by atoms with E-state index in [0.717, 1.165) is 6.07 Å². The zero-order chi connectivity index (χ0) is 16.3. The first kappa shape index (κ1) is 16.5. The van der Waals surface area contributed by atoms with Gasteiger partial charge in [-0.2, -0.15) is 13.2 Å². The number of hydrogen-bond acceptors (Lipinski definition) is 3. The number of rotatable bonds is 3. The van der Waals surface area contributed by atoms with Crippen molar-refractivity contribution >= 4 is 11.7 Å². The molecule has 0 saturated carbocycles. The van der Waals surface area contributed by atoms with Gasteiger partial charge in [-0.15, -0.1) is 0 Å². The SMILES string of the molecule is CO[C@H]1COC[C@@H]1NC(=O)Nc1ccc(F)c(C(F)(F)F)c1. The minimum Gasteiger partial charge on any atom is -0.377 e. The first-order valence-electron chi connectivity index (χ1n) is 6.36. The Morgan fingerprint density at radius 3 is 2.73 bits per heavy atom. The second-order valence-corrected chi connectivity index (χ2v) is 4.71. The van der Waals surface area contributed by atoms with E-state index in [-0.39, 0.29) is 18.4 Å². The van der Waals surface area contributed by atoms with Gasteiger partial charge in [0, 0.05) is 12.8 Å². The lowest BCUT2D eigenvalue weighted by Gasteiger charge is -2.18. The predicted octanol–water partition coefficient (Wildman–Crippen LogP) is 2.38. The van der Waals surface area contributed by atoms with E-state index in [1.54, 1.807) is 0 Å². The van der Waals surface area contributed by atoms with Gasteiger partial charge in [-0.25, -0.2) is 9.18 Å². The van der Waals surface area contributed by atoms with E-state index in [2.05, 4.69) is 10.6 Å². The summed E-state index contributed by atoms with van der Waals surface area (Å²) < 4.78 is 61.1. The summed E-state index contributed by atoms with van der Waals surface area (Å²) in [5.41, 5.74) is -1.61. The number of carbonyl (C=O) groups is 1. The van der Waals surface area contributed by atoms with Crippen LogP contribution in [0, 0.1) is 5.82 Å². The van der Waals surface area contributed by atoms with Crippen LogP contribution in [0.5, 0.6) is 0 Å². The highest BCUT2D eigenvalue weighted by Crippen LogP contribution is 2.32. The van der Waals surface area contributed by atoms with Gasteiger partial charge in [0.25, 0.3) is 0 Å². The summed E-state index contributed by atoms with van der Waals surface area (Å²) in [5.74, 6) is -1.40. The number of methoxy groups -OCH3 is 1. The van der Waals surface area contributed by atoms with Gasteiger partial charge >= 0.3 is 12.2 Å². The van der Waals surface area contributed by atoms with Crippen molar-refractivity contribution in [2.24, 2.45) is 0 Å². The Morgan fingerprint density at radius 1 is 1.36 bits per heavy atom. The molecule has 2 rings (SSSR count). The largest absolute Gasteiger partial charge is 0.419 e. The molecule has 1 aliphatic rings. The fourth-order valence-electron chi connectivity index (χ4n) is 2.06.